The molecule has 2 aromatic rings. The largest absolute Gasteiger partial charge is 0.389 e. The number of carbonyl (C=O) groups excluding carboxylic acids is 1. The summed E-state index contributed by atoms with van der Waals surface area (Å²) >= 11 is 0. The summed E-state index contributed by atoms with van der Waals surface area (Å²) in [6.45, 7) is 3.43. The predicted molar refractivity (Wildman–Crippen MR) is 81.1 cm³/mol. The number of aryl methyl sites for hydroxylation is 1. The van der Waals surface area contributed by atoms with E-state index >= 15 is 0 Å². The third-order valence-corrected chi connectivity index (χ3v) is 3.75. The summed E-state index contributed by atoms with van der Waals surface area (Å²) in [6.07, 6.45) is -4.17. The van der Waals surface area contributed by atoms with E-state index < -0.39 is 18.5 Å². The van der Waals surface area contributed by atoms with Gasteiger partial charge in [0.2, 0.25) is 0 Å². The topological polar surface area (TPSA) is 17.1 Å². The average molecular weight is 306 g/mol. The first-order valence-corrected chi connectivity index (χ1v) is 7.03. The highest BCUT2D eigenvalue weighted by atomic mass is 19.4. The summed E-state index contributed by atoms with van der Waals surface area (Å²) in [7, 11) is 0. The molecule has 1 nitrogen and oxygen atoms in total. The molecule has 1 unspecified atom stereocenters. The zero-order valence-corrected chi connectivity index (χ0v) is 12.4. The molecule has 0 saturated heterocycles. The number of alkyl halides is 3. The SMILES string of the molecule is Cc1cc(-c2ccc(C(C)CC(F)(F)F)cc2)ccc1C=O. The second-order valence-corrected chi connectivity index (χ2v) is 5.53. The Labute approximate surface area is 127 Å². The summed E-state index contributed by atoms with van der Waals surface area (Å²) in [5, 5.41) is 0. The standard InChI is InChI=1S/C18H17F3O/c1-12-9-16(7-8-17(12)11-22)15-5-3-14(4-6-15)13(2)10-18(19,20)21/h3-9,11,13H,10H2,1-2H3. The van der Waals surface area contributed by atoms with Gasteiger partial charge in [0, 0.05) is 5.56 Å². The lowest BCUT2D eigenvalue weighted by atomic mass is 9.94. The van der Waals surface area contributed by atoms with Crippen molar-refractivity contribution in [3.05, 3.63) is 59.2 Å². The maximum atomic E-state index is 12.4. The normalized spacial score (nSPS) is 13.0. The fourth-order valence-electron chi connectivity index (χ4n) is 2.46. The molecule has 116 valence electrons. The molecule has 0 amide bonds. The van der Waals surface area contributed by atoms with Crippen LogP contribution in [0.5, 0.6) is 0 Å². The summed E-state index contributed by atoms with van der Waals surface area (Å²) in [5.41, 5.74) is 4.05. The number of rotatable bonds is 4. The summed E-state index contributed by atoms with van der Waals surface area (Å²) < 4.78 is 37.3. The van der Waals surface area contributed by atoms with Crippen LogP contribution < -0.4 is 0 Å². The van der Waals surface area contributed by atoms with Gasteiger partial charge in [0.05, 0.1) is 6.42 Å². The fourth-order valence-corrected chi connectivity index (χ4v) is 2.46. The van der Waals surface area contributed by atoms with Crippen LogP contribution in [0.15, 0.2) is 42.5 Å². The highest BCUT2D eigenvalue weighted by Crippen LogP contribution is 2.32. The van der Waals surface area contributed by atoms with Crippen molar-refractivity contribution >= 4 is 6.29 Å². The van der Waals surface area contributed by atoms with Crippen LogP contribution in [0.1, 0.15) is 40.7 Å². The van der Waals surface area contributed by atoms with Crippen molar-refractivity contribution in [1.29, 1.82) is 0 Å². The first-order valence-electron chi connectivity index (χ1n) is 7.03. The number of halogens is 3. The first-order chi connectivity index (χ1) is 10.3. The van der Waals surface area contributed by atoms with Crippen LogP contribution >= 0.6 is 0 Å². The first kappa shape index (κ1) is 16.3. The van der Waals surface area contributed by atoms with Crippen LogP contribution in [0.3, 0.4) is 0 Å². The lowest BCUT2D eigenvalue weighted by molar-refractivity contribution is -0.137. The molecule has 0 aliphatic heterocycles. The van der Waals surface area contributed by atoms with Crippen LogP contribution in [-0.2, 0) is 0 Å². The quantitative estimate of drug-likeness (QED) is 0.679. The van der Waals surface area contributed by atoms with Gasteiger partial charge in [0.15, 0.2) is 0 Å². The Morgan fingerprint density at radius 2 is 1.64 bits per heavy atom. The Morgan fingerprint density at radius 3 is 2.14 bits per heavy atom. The van der Waals surface area contributed by atoms with Gasteiger partial charge in [-0.25, -0.2) is 0 Å². The smallest absolute Gasteiger partial charge is 0.298 e. The Morgan fingerprint density at radius 1 is 1.05 bits per heavy atom. The third kappa shape index (κ3) is 3.97. The minimum atomic E-state index is -4.15. The van der Waals surface area contributed by atoms with Crippen LogP contribution in [0, 0.1) is 6.92 Å². The number of benzene rings is 2. The van der Waals surface area contributed by atoms with E-state index in [1.165, 1.54) is 0 Å². The van der Waals surface area contributed by atoms with Gasteiger partial charge >= 0.3 is 6.18 Å². The van der Waals surface area contributed by atoms with Gasteiger partial charge in [-0.05, 0) is 35.1 Å². The molecule has 4 heteroatoms. The van der Waals surface area contributed by atoms with E-state index in [1.54, 1.807) is 25.1 Å². The van der Waals surface area contributed by atoms with E-state index in [1.807, 2.05) is 31.2 Å². The van der Waals surface area contributed by atoms with Gasteiger partial charge in [-0.15, -0.1) is 0 Å². The molecule has 0 saturated carbocycles. The number of carbonyl (C=O) groups is 1. The molecule has 0 N–H and O–H groups in total. The van der Waals surface area contributed by atoms with Crippen LogP contribution in [0.2, 0.25) is 0 Å². The van der Waals surface area contributed by atoms with Gasteiger partial charge in [0.1, 0.15) is 6.29 Å². The van der Waals surface area contributed by atoms with Crippen molar-refractivity contribution in [2.24, 2.45) is 0 Å². The van der Waals surface area contributed by atoms with E-state index in [-0.39, 0.29) is 0 Å². The minimum absolute atomic E-state index is 0.562. The van der Waals surface area contributed by atoms with Gasteiger partial charge in [0.25, 0.3) is 0 Å². The average Bonchev–Trinajstić information content (AvgIpc) is 2.45. The monoisotopic (exact) mass is 306 g/mol. The highest BCUT2D eigenvalue weighted by Gasteiger charge is 2.30. The lowest BCUT2D eigenvalue weighted by Crippen LogP contribution is -2.11. The van der Waals surface area contributed by atoms with Crippen molar-refractivity contribution < 1.29 is 18.0 Å². The Kier molecular flexibility index (Phi) is 4.69. The Balaban J connectivity index is 2.22. The molecule has 0 radical (unpaired) electrons. The molecule has 22 heavy (non-hydrogen) atoms. The maximum Gasteiger partial charge on any atom is 0.389 e. The van der Waals surface area contributed by atoms with Crippen LogP contribution in [0.4, 0.5) is 13.2 Å². The molecule has 2 rings (SSSR count). The van der Waals surface area contributed by atoms with Crippen molar-refractivity contribution in [3.63, 3.8) is 0 Å². The van der Waals surface area contributed by atoms with Gasteiger partial charge in [-0.3, -0.25) is 4.79 Å². The van der Waals surface area contributed by atoms with E-state index in [2.05, 4.69) is 0 Å². The number of hydrogen-bond acceptors (Lipinski definition) is 1. The Bertz CT molecular complexity index is 657. The van der Waals surface area contributed by atoms with Gasteiger partial charge < -0.3 is 0 Å². The molecule has 0 bridgehead atoms. The van der Waals surface area contributed by atoms with E-state index in [4.69, 9.17) is 0 Å². The second kappa shape index (κ2) is 6.34. The van der Waals surface area contributed by atoms with E-state index in [0.717, 1.165) is 23.0 Å². The Hall–Kier alpha value is -2.10. The van der Waals surface area contributed by atoms with Crippen molar-refractivity contribution in [1.82, 2.24) is 0 Å². The molecular formula is C18H17F3O. The zero-order chi connectivity index (χ0) is 16.3. The molecule has 0 fully saturated rings. The van der Waals surface area contributed by atoms with Crippen molar-refractivity contribution in [3.8, 4) is 11.1 Å². The van der Waals surface area contributed by atoms with Crippen molar-refractivity contribution in [2.75, 3.05) is 0 Å². The summed E-state index contributed by atoms with van der Waals surface area (Å²) in [6, 6.07) is 12.6. The summed E-state index contributed by atoms with van der Waals surface area (Å²) in [5.74, 6) is -0.562. The molecular weight excluding hydrogens is 289 g/mol. The molecule has 1 atom stereocenters. The van der Waals surface area contributed by atoms with Gasteiger partial charge in [-0.2, -0.15) is 13.2 Å². The van der Waals surface area contributed by atoms with Crippen LogP contribution in [0.25, 0.3) is 11.1 Å². The lowest BCUT2D eigenvalue weighted by Gasteiger charge is -2.15. The highest BCUT2D eigenvalue weighted by molar-refractivity contribution is 5.79. The van der Waals surface area contributed by atoms with E-state index in [9.17, 15) is 18.0 Å². The fraction of sp³-hybridized carbons (Fsp3) is 0.278. The maximum absolute atomic E-state index is 12.4. The van der Waals surface area contributed by atoms with Crippen LogP contribution in [-0.4, -0.2) is 12.5 Å². The predicted octanol–water partition coefficient (Wildman–Crippen LogP) is 5.53. The molecule has 0 spiro atoms. The second-order valence-electron chi connectivity index (χ2n) is 5.53. The van der Waals surface area contributed by atoms with E-state index in [0.29, 0.717) is 11.1 Å². The minimum Gasteiger partial charge on any atom is -0.298 e. The molecule has 0 aliphatic carbocycles. The third-order valence-electron chi connectivity index (χ3n) is 3.75. The molecule has 0 aliphatic rings. The van der Waals surface area contributed by atoms with Crippen molar-refractivity contribution in [2.45, 2.75) is 32.4 Å². The number of aldehydes is 1. The molecule has 2 aromatic carbocycles. The van der Waals surface area contributed by atoms with Gasteiger partial charge in [-0.1, -0.05) is 49.4 Å². The summed E-state index contributed by atoms with van der Waals surface area (Å²) in [4.78, 5) is 10.8. The zero-order valence-electron chi connectivity index (χ0n) is 12.4. The molecule has 0 heterocycles. The number of hydrogen-bond donors (Lipinski definition) is 0. The molecule has 0 aromatic heterocycles.